The fraction of sp³-hybridized carbons (Fsp3) is 0.769. The lowest BCUT2D eigenvalue weighted by Gasteiger charge is -2.12. The first-order valence-corrected chi connectivity index (χ1v) is 6.07. The number of Topliss-reactive ketones (excluding diaryl/α,β-unsaturated/α-hetero) is 1. The molecule has 1 saturated carbocycles. The Balaban J connectivity index is 2.18. The number of allylic oxidation sites excluding steroid dienone is 2. The Kier molecular flexibility index (Phi) is 5.58. The minimum Gasteiger partial charge on any atom is -0.295 e. The van der Waals surface area contributed by atoms with Crippen molar-refractivity contribution in [1.29, 1.82) is 0 Å². The van der Waals surface area contributed by atoms with Crippen molar-refractivity contribution in [2.45, 2.75) is 64.7 Å². The summed E-state index contributed by atoms with van der Waals surface area (Å²) in [4.78, 5) is 11.4. The van der Waals surface area contributed by atoms with Gasteiger partial charge in [0, 0.05) is 6.42 Å². The van der Waals surface area contributed by atoms with E-state index < -0.39 is 0 Å². The van der Waals surface area contributed by atoms with Gasteiger partial charge in [0.25, 0.3) is 0 Å². The smallest absolute Gasteiger partial charge is 0.158 e. The van der Waals surface area contributed by atoms with Crippen LogP contribution < -0.4 is 0 Å². The second-order valence-electron chi connectivity index (χ2n) is 4.21. The molecule has 14 heavy (non-hydrogen) atoms. The Morgan fingerprint density at radius 3 is 2.64 bits per heavy atom. The fourth-order valence-electron chi connectivity index (χ4n) is 1.96. The molecule has 0 unspecified atom stereocenters. The molecule has 0 aromatic carbocycles. The zero-order chi connectivity index (χ0) is 10.2. The number of unbranched alkanes of at least 4 members (excludes halogenated alkanes) is 4. The Labute approximate surface area is 87.6 Å². The molecular formula is C13H22O. The van der Waals surface area contributed by atoms with Crippen LogP contribution in [0.15, 0.2) is 11.6 Å². The predicted molar refractivity (Wildman–Crippen MR) is 60.3 cm³/mol. The first-order valence-electron chi connectivity index (χ1n) is 6.07. The van der Waals surface area contributed by atoms with Crippen molar-refractivity contribution >= 4 is 5.78 Å². The number of hydrogen-bond donors (Lipinski definition) is 0. The van der Waals surface area contributed by atoms with Crippen LogP contribution >= 0.6 is 0 Å². The largest absolute Gasteiger partial charge is 0.295 e. The van der Waals surface area contributed by atoms with Crippen molar-refractivity contribution in [3.05, 3.63) is 11.6 Å². The van der Waals surface area contributed by atoms with Crippen LogP contribution in [-0.2, 0) is 4.79 Å². The van der Waals surface area contributed by atoms with Crippen LogP contribution in [0.25, 0.3) is 0 Å². The summed E-state index contributed by atoms with van der Waals surface area (Å²) in [6, 6.07) is 0. The molecule has 1 fully saturated rings. The molecule has 0 heterocycles. The molecule has 0 aliphatic heterocycles. The molecule has 1 heteroatoms. The number of hydrogen-bond acceptors (Lipinski definition) is 1. The van der Waals surface area contributed by atoms with Gasteiger partial charge in [-0.15, -0.1) is 0 Å². The van der Waals surface area contributed by atoms with E-state index in [0.29, 0.717) is 5.78 Å². The molecular weight excluding hydrogens is 172 g/mol. The van der Waals surface area contributed by atoms with Crippen molar-refractivity contribution in [3.8, 4) is 0 Å². The van der Waals surface area contributed by atoms with Gasteiger partial charge in [0.15, 0.2) is 5.78 Å². The van der Waals surface area contributed by atoms with Gasteiger partial charge in [0.1, 0.15) is 0 Å². The van der Waals surface area contributed by atoms with Crippen molar-refractivity contribution in [1.82, 2.24) is 0 Å². The number of carbonyl (C=O) groups excluding carboxylic acids is 1. The van der Waals surface area contributed by atoms with Crippen LogP contribution in [0, 0.1) is 0 Å². The Bertz CT molecular complexity index is 203. The third-order valence-corrected chi connectivity index (χ3v) is 2.91. The third-order valence-electron chi connectivity index (χ3n) is 2.91. The second-order valence-corrected chi connectivity index (χ2v) is 4.21. The summed E-state index contributed by atoms with van der Waals surface area (Å²) in [6.45, 7) is 2.23. The van der Waals surface area contributed by atoms with Crippen LogP contribution in [-0.4, -0.2) is 5.78 Å². The summed E-state index contributed by atoms with van der Waals surface area (Å²) in [6.07, 6.45) is 12.6. The van der Waals surface area contributed by atoms with Gasteiger partial charge in [-0.05, 0) is 37.7 Å². The highest BCUT2D eigenvalue weighted by molar-refractivity contribution is 5.95. The van der Waals surface area contributed by atoms with E-state index in [-0.39, 0.29) is 0 Å². The normalized spacial score (nSPS) is 20.4. The molecule has 1 aliphatic carbocycles. The average Bonchev–Trinajstić information content (AvgIpc) is 2.20. The molecule has 0 radical (unpaired) electrons. The van der Waals surface area contributed by atoms with Crippen molar-refractivity contribution < 1.29 is 4.79 Å². The minimum atomic E-state index is 0.409. The summed E-state index contributed by atoms with van der Waals surface area (Å²) >= 11 is 0. The van der Waals surface area contributed by atoms with E-state index in [9.17, 15) is 4.79 Å². The van der Waals surface area contributed by atoms with Gasteiger partial charge in [-0.2, -0.15) is 0 Å². The molecule has 1 rings (SSSR count). The van der Waals surface area contributed by atoms with E-state index in [1.807, 2.05) is 0 Å². The zero-order valence-corrected chi connectivity index (χ0v) is 9.35. The quantitative estimate of drug-likeness (QED) is 0.477. The molecule has 0 saturated heterocycles. The lowest BCUT2D eigenvalue weighted by atomic mass is 9.92. The molecule has 0 atom stereocenters. The molecule has 1 aliphatic rings. The van der Waals surface area contributed by atoms with Gasteiger partial charge in [0.2, 0.25) is 0 Å². The van der Waals surface area contributed by atoms with Gasteiger partial charge in [0.05, 0.1) is 0 Å². The minimum absolute atomic E-state index is 0.409. The van der Waals surface area contributed by atoms with E-state index in [1.54, 1.807) is 0 Å². The highest BCUT2D eigenvalue weighted by Gasteiger charge is 2.13. The van der Waals surface area contributed by atoms with E-state index in [4.69, 9.17) is 0 Å². The van der Waals surface area contributed by atoms with Crippen LogP contribution in [0.4, 0.5) is 0 Å². The topological polar surface area (TPSA) is 17.1 Å². The first-order chi connectivity index (χ1) is 6.84. The maximum atomic E-state index is 11.4. The summed E-state index contributed by atoms with van der Waals surface area (Å²) in [5.74, 6) is 0.409. The summed E-state index contributed by atoms with van der Waals surface area (Å²) in [5, 5.41) is 0. The molecule has 0 aromatic rings. The Hall–Kier alpha value is -0.590. The Morgan fingerprint density at radius 1 is 1.14 bits per heavy atom. The summed E-state index contributed by atoms with van der Waals surface area (Å²) < 4.78 is 0. The summed E-state index contributed by atoms with van der Waals surface area (Å²) in [5.41, 5.74) is 1.12. The SMILES string of the molecule is CCCCCC/C=C1/CCCCC1=O. The van der Waals surface area contributed by atoms with Gasteiger partial charge >= 0.3 is 0 Å². The monoisotopic (exact) mass is 194 g/mol. The maximum absolute atomic E-state index is 11.4. The van der Waals surface area contributed by atoms with Crippen molar-refractivity contribution in [2.24, 2.45) is 0 Å². The molecule has 0 bridgehead atoms. The first kappa shape index (κ1) is 11.5. The second kappa shape index (κ2) is 6.80. The molecule has 80 valence electrons. The van der Waals surface area contributed by atoms with Gasteiger partial charge in [-0.3, -0.25) is 4.79 Å². The third kappa shape index (κ3) is 4.08. The molecule has 0 aromatic heterocycles. The van der Waals surface area contributed by atoms with Crippen molar-refractivity contribution in [2.75, 3.05) is 0 Å². The fourth-order valence-corrected chi connectivity index (χ4v) is 1.96. The van der Waals surface area contributed by atoms with Gasteiger partial charge in [-0.1, -0.05) is 32.3 Å². The molecule has 0 amide bonds. The van der Waals surface area contributed by atoms with Crippen molar-refractivity contribution in [3.63, 3.8) is 0 Å². The lowest BCUT2D eigenvalue weighted by molar-refractivity contribution is -0.116. The predicted octanol–water partition coefficient (Wildman–Crippen LogP) is 4.03. The maximum Gasteiger partial charge on any atom is 0.158 e. The van der Waals surface area contributed by atoms with Crippen LogP contribution in [0.2, 0.25) is 0 Å². The molecule has 1 nitrogen and oxygen atoms in total. The van der Waals surface area contributed by atoms with Crippen LogP contribution in [0.5, 0.6) is 0 Å². The van der Waals surface area contributed by atoms with Crippen LogP contribution in [0.3, 0.4) is 0 Å². The Morgan fingerprint density at radius 2 is 1.93 bits per heavy atom. The average molecular weight is 194 g/mol. The lowest BCUT2D eigenvalue weighted by Crippen LogP contribution is -2.08. The highest BCUT2D eigenvalue weighted by Crippen LogP contribution is 2.20. The molecule has 0 spiro atoms. The van der Waals surface area contributed by atoms with E-state index in [0.717, 1.165) is 31.3 Å². The highest BCUT2D eigenvalue weighted by atomic mass is 16.1. The summed E-state index contributed by atoms with van der Waals surface area (Å²) in [7, 11) is 0. The van der Waals surface area contributed by atoms with Gasteiger partial charge < -0.3 is 0 Å². The van der Waals surface area contributed by atoms with E-state index in [2.05, 4.69) is 13.0 Å². The number of carbonyl (C=O) groups is 1. The number of ketones is 1. The number of rotatable bonds is 5. The van der Waals surface area contributed by atoms with E-state index in [1.165, 1.54) is 32.1 Å². The van der Waals surface area contributed by atoms with Crippen LogP contribution in [0.1, 0.15) is 64.7 Å². The standard InChI is InChI=1S/C13H22O/c1-2-3-4-5-6-9-12-10-7-8-11-13(12)14/h9H,2-8,10-11H2,1H3/b12-9-. The zero-order valence-electron chi connectivity index (χ0n) is 9.35. The van der Waals surface area contributed by atoms with Gasteiger partial charge in [-0.25, -0.2) is 0 Å². The molecule has 0 N–H and O–H groups in total. The van der Waals surface area contributed by atoms with E-state index >= 15 is 0 Å².